The van der Waals surface area contributed by atoms with Crippen LogP contribution in [0.25, 0.3) is 0 Å². The molecule has 32 heavy (non-hydrogen) atoms. The predicted molar refractivity (Wildman–Crippen MR) is 121 cm³/mol. The molecule has 166 valence electrons. The summed E-state index contributed by atoms with van der Waals surface area (Å²) >= 11 is 0. The molecule has 6 nitrogen and oxygen atoms in total. The van der Waals surface area contributed by atoms with Gasteiger partial charge >= 0.3 is 5.97 Å². The number of ether oxygens (including phenoxy) is 3. The number of carbonyl (C=O) groups is 2. The van der Waals surface area contributed by atoms with Crippen LogP contribution in [0.5, 0.6) is 11.5 Å². The van der Waals surface area contributed by atoms with Crippen LogP contribution in [-0.2, 0) is 11.3 Å². The Morgan fingerprint density at radius 2 is 1.69 bits per heavy atom. The van der Waals surface area contributed by atoms with E-state index < -0.39 is 5.97 Å². The molecule has 1 aliphatic rings. The summed E-state index contributed by atoms with van der Waals surface area (Å²) < 4.78 is 19.2. The number of hydrogen-bond acceptors (Lipinski definition) is 5. The second kappa shape index (κ2) is 8.91. The van der Waals surface area contributed by atoms with Gasteiger partial charge in [0.15, 0.2) is 24.2 Å². The third-order valence-corrected chi connectivity index (χ3v) is 5.62. The molecular formula is C26H27NO5. The van der Waals surface area contributed by atoms with E-state index in [0.717, 1.165) is 34.0 Å². The molecule has 0 saturated carbocycles. The molecule has 1 aromatic heterocycles. The normalized spacial score (nSPS) is 14.8. The van der Waals surface area contributed by atoms with Gasteiger partial charge in [0, 0.05) is 17.0 Å². The summed E-state index contributed by atoms with van der Waals surface area (Å²) in [5.74, 6) is 0.741. The van der Waals surface area contributed by atoms with Crippen molar-refractivity contribution in [3.8, 4) is 11.5 Å². The number of Topliss-reactive ketones (excluding diaryl/α,β-unsaturated/α-hetero) is 1. The molecule has 0 bridgehead atoms. The van der Waals surface area contributed by atoms with Crippen LogP contribution in [0.4, 0.5) is 0 Å². The molecule has 0 amide bonds. The van der Waals surface area contributed by atoms with E-state index in [4.69, 9.17) is 14.2 Å². The molecule has 3 aromatic rings. The Kier molecular flexibility index (Phi) is 6.04. The number of ketones is 1. The number of aromatic nitrogens is 1. The second-order valence-corrected chi connectivity index (χ2v) is 8.27. The van der Waals surface area contributed by atoms with Gasteiger partial charge in [0.25, 0.3) is 0 Å². The second-order valence-electron chi connectivity index (χ2n) is 8.27. The highest BCUT2D eigenvalue weighted by Gasteiger charge is 2.24. The van der Waals surface area contributed by atoms with E-state index in [-0.39, 0.29) is 18.5 Å². The number of para-hydroxylation sites is 2. The third kappa shape index (κ3) is 4.54. The van der Waals surface area contributed by atoms with Crippen molar-refractivity contribution < 1.29 is 23.8 Å². The minimum absolute atomic E-state index is 0.167. The van der Waals surface area contributed by atoms with Gasteiger partial charge in [0.1, 0.15) is 6.61 Å². The Labute approximate surface area is 187 Å². The van der Waals surface area contributed by atoms with Crippen molar-refractivity contribution in [3.63, 3.8) is 0 Å². The molecule has 6 heteroatoms. The lowest BCUT2D eigenvalue weighted by atomic mass is 10.1. The van der Waals surface area contributed by atoms with Gasteiger partial charge in [0.05, 0.1) is 12.1 Å². The Hall–Kier alpha value is -3.54. The molecule has 0 radical (unpaired) electrons. The summed E-state index contributed by atoms with van der Waals surface area (Å²) in [7, 11) is 0. The first-order chi connectivity index (χ1) is 15.3. The van der Waals surface area contributed by atoms with Crippen LogP contribution in [0, 0.1) is 27.7 Å². The molecule has 0 aliphatic carbocycles. The number of rotatable bonds is 6. The smallest absolute Gasteiger partial charge is 0.338 e. The Morgan fingerprint density at radius 3 is 2.41 bits per heavy atom. The zero-order chi connectivity index (χ0) is 22.8. The van der Waals surface area contributed by atoms with Gasteiger partial charge in [-0.25, -0.2) is 4.79 Å². The SMILES string of the molecule is Cc1cc(C)cc(C(=O)OCC(=O)c2cc(C)n(C[C@@H]3COc4ccccc4O3)c2C)c1. The van der Waals surface area contributed by atoms with Gasteiger partial charge in [0.2, 0.25) is 5.78 Å². The van der Waals surface area contributed by atoms with Crippen LogP contribution in [0.15, 0.2) is 48.5 Å². The number of carbonyl (C=O) groups excluding carboxylic acids is 2. The van der Waals surface area contributed by atoms with Crippen LogP contribution in [-0.4, -0.2) is 35.6 Å². The topological polar surface area (TPSA) is 66.8 Å². The maximum Gasteiger partial charge on any atom is 0.338 e. The number of nitrogens with zero attached hydrogens (tertiary/aromatic N) is 1. The van der Waals surface area contributed by atoms with Gasteiger partial charge in [-0.15, -0.1) is 0 Å². The molecule has 2 aromatic carbocycles. The van der Waals surface area contributed by atoms with Crippen molar-refractivity contribution in [3.05, 3.63) is 82.2 Å². The largest absolute Gasteiger partial charge is 0.486 e. The van der Waals surface area contributed by atoms with Crippen molar-refractivity contribution in [1.82, 2.24) is 4.57 Å². The molecule has 0 unspecified atom stereocenters. The maximum atomic E-state index is 12.8. The Bertz CT molecular complexity index is 1160. The lowest BCUT2D eigenvalue weighted by Gasteiger charge is -2.27. The predicted octanol–water partition coefficient (Wildman–Crippen LogP) is 4.60. The monoisotopic (exact) mass is 433 g/mol. The van der Waals surface area contributed by atoms with Crippen molar-refractivity contribution in [2.45, 2.75) is 40.3 Å². The lowest BCUT2D eigenvalue weighted by Crippen LogP contribution is -2.33. The highest BCUT2D eigenvalue weighted by molar-refractivity contribution is 6.00. The van der Waals surface area contributed by atoms with Gasteiger partial charge in [-0.05, 0) is 58.0 Å². The summed E-state index contributed by atoms with van der Waals surface area (Å²) in [6.45, 7) is 8.37. The minimum Gasteiger partial charge on any atom is -0.486 e. The first kappa shape index (κ1) is 21.7. The summed E-state index contributed by atoms with van der Waals surface area (Å²) in [6, 6.07) is 14.9. The molecule has 0 saturated heterocycles. The first-order valence-corrected chi connectivity index (χ1v) is 10.7. The van der Waals surface area contributed by atoms with E-state index in [2.05, 4.69) is 0 Å². The standard InChI is InChI=1S/C26H27NO5/c1-16-9-17(2)11-20(10-16)26(29)31-15-23(28)22-12-18(3)27(19(22)4)13-21-14-30-24-7-5-6-8-25(24)32-21/h5-12,21H,13-15H2,1-4H3/t21-/m1/s1. The van der Waals surface area contributed by atoms with Crippen molar-refractivity contribution in [2.24, 2.45) is 0 Å². The first-order valence-electron chi connectivity index (χ1n) is 10.7. The van der Waals surface area contributed by atoms with Gasteiger partial charge in [-0.1, -0.05) is 29.3 Å². The van der Waals surface area contributed by atoms with E-state index >= 15 is 0 Å². The number of benzene rings is 2. The molecule has 4 rings (SSSR count). The molecule has 1 aliphatic heterocycles. The summed E-state index contributed by atoms with van der Waals surface area (Å²) in [6.07, 6.45) is -0.167. The molecule has 2 heterocycles. The lowest BCUT2D eigenvalue weighted by molar-refractivity contribution is 0.0474. The molecule has 0 spiro atoms. The van der Waals surface area contributed by atoms with Crippen molar-refractivity contribution >= 4 is 11.8 Å². The van der Waals surface area contributed by atoms with E-state index in [9.17, 15) is 9.59 Å². The zero-order valence-electron chi connectivity index (χ0n) is 18.8. The summed E-state index contributed by atoms with van der Waals surface area (Å²) in [5.41, 5.74) is 4.71. The van der Waals surface area contributed by atoms with E-state index in [0.29, 0.717) is 24.3 Å². The maximum absolute atomic E-state index is 12.8. The van der Waals surface area contributed by atoms with Crippen LogP contribution >= 0.6 is 0 Å². The molecule has 0 N–H and O–H groups in total. The Morgan fingerprint density at radius 1 is 1.00 bits per heavy atom. The molecule has 0 fully saturated rings. The average Bonchev–Trinajstić information content (AvgIpc) is 3.05. The van der Waals surface area contributed by atoms with Crippen molar-refractivity contribution in [2.75, 3.05) is 13.2 Å². The molecule has 1 atom stereocenters. The number of hydrogen-bond donors (Lipinski definition) is 0. The number of esters is 1. The highest BCUT2D eigenvalue weighted by Crippen LogP contribution is 2.31. The average molecular weight is 434 g/mol. The van der Waals surface area contributed by atoms with Crippen LogP contribution < -0.4 is 9.47 Å². The van der Waals surface area contributed by atoms with Gasteiger partial charge < -0.3 is 18.8 Å². The highest BCUT2D eigenvalue weighted by atomic mass is 16.6. The van der Waals surface area contributed by atoms with Crippen LogP contribution in [0.2, 0.25) is 0 Å². The molecular weight excluding hydrogens is 406 g/mol. The number of aryl methyl sites for hydroxylation is 3. The summed E-state index contributed by atoms with van der Waals surface area (Å²) in [5, 5.41) is 0. The van der Waals surface area contributed by atoms with Crippen molar-refractivity contribution in [1.29, 1.82) is 0 Å². The van der Waals surface area contributed by atoms with Gasteiger partial charge in [-0.3, -0.25) is 4.79 Å². The minimum atomic E-state index is -0.495. The van der Waals surface area contributed by atoms with Crippen LogP contribution in [0.3, 0.4) is 0 Å². The fourth-order valence-corrected chi connectivity index (χ4v) is 4.11. The van der Waals surface area contributed by atoms with E-state index in [1.807, 2.05) is 68.7 Å². The van der Waals surface area contributed by atoms with E-state index in [1.165, 1.54) is 0 Å². The van der Waals surface area contributed by atoms with Gasteiger partial charge in [-0.2, -0.15) is 0 Å². The summed E-state index contributed by atoms with van der Waals surface area (Å²) in [4.78, 5) is 25.2. The van der Waals surface area contributed by atoms with Crippen LogP contribution in [0.1, 0.15) is 43.2 Å². The zero-order valence-corrected chi connectivity index (χ0v) is 18.8. The fraction of sp³-hybridized carbons (Fsp3) is 0.308. The Balaban J connectivity index is 1.42. The third-order valence-electron chi connectivity index (χ3n) is 5.62. The van der Waals surface area contributed by atoms with E-state index in [1.54, 1.807) is 12.1 Å². The quantitative estimate of drug-likeness (QED) is 0.420. The fourth-order valence-electron chi connectivity index (χ4n) is 4.11. The number of fused-ring (bicyclic) bond motifs is 1.